The smallest absolute Gasteiger partial charge is 0.306 e. The Kier molecular flexibility index (Phi) is 5.58. The number of aliphatic carboxylic acids is 1. The third-order valence-corrected chi connectivity index (χ3v) is 4.47. The second-order valence-corrected chi connectivity index (χ2v) is 5.97. The van der Waals surface area contributed by atoms with Gasteiger partial charge in [-0.05, 0) is 44.7 Å². The fourth-order valence-electron chi connectivity index (χ4n) is 3.12. The Morgan fingerprint density at radius 3 is 2.43 bits per heavy atom. The van der Waals surface area contributed by atoms with Crippen molar-refractivity contribution in [3.63, 3.8) is 0 Å². The lowest BCUT2D eigenvalue weighted by Crippen LogP contribution is -2.36. The van der Waals surface area contributed by atoms with Crippen LogP contribution in [0.3, 0.4) is 0 Å². The standard InChI is InChI=1S/C17H22FNO4/c1-10(15-13(18)4-3-5-14(15)23-2)19-16(20)11-6-8-12(9-7-11)17(21)22/h3-5,10-12H,6-9H2,1-2H3,(H,19,20)(H,21,22). The minimum atomic E-state index is -0.798. The predicted octanol–water partition coefficient (Wildman–Crippen LogP) is 2.90. The molecule has 1 aliphatic carbocycles. The number of carboxylic acids is 1. The van der Waals surface area contributed by atoms with Crippen LogP contribution in [0.15, 0.2) is 18.2 Å². The second-order valence-electron chi connectivity index (χ2n) is 5.97. The van der Waals surface area contributed by atoms with E-state index in [1.54, 1.807) is 19.1 Å². The number of amides is 1. The summed E-state index contributed by atoms with van der Waals surface area (Å²) in [7, 11) is 1.46. The molecule has 126 valence electrons. The van der Waals surface area contributed by atoms with Gasteiger partial charge in [0.1, 0.15) is 11.6 Å². The maximum atomic E-state index is 14.0. The Morgan fingerprint density at radius 1 is 1.26 bits per heavy atom. The summed E-state index contributed by atoms with van der Waals surface area (Å²) in [5.74, 6) is -1.56. The highest BCUT2D eigenvalue weighted by atomic mass is 19.1. The van der Waals surface area contributed by atoms with Gasteiger partial charge in [0.05, 0.1) is 24.6 Å². The number of carbonyl (C=O) groups is 2. The van der Waals surface area contributed by atoms with E-state index in [0.29, 0.717) is 37.0 Å². The van der Waals surface area contributed by atoms with Crippen LogP contribution in [0.25, 0.3) is 0 Å². The van der Waals surface area contributed by atoms with E-state index in [1.165, 1.54) is 13.2 Å². The normalized spacial score (nSPS) is 22.2. The fourth-order valence-corrected chi connectivity index (χ4v) is 3.12. The Balaban J connectivity index is 2.00. The number of halogens is 1. The number of methoxy groups -OCH3 is 1. The van der Waals surface area contributed by atoms with Gasteiger partial charge in [0.15, 0.2) is 0 Å². The number of ether oxygens (including phenoxy) is 1. The van der Waals surface area contributed by atoms with E-state index in [-0.39, 0.29) is 17.7 Å². The zero-order valence-corrected chi connectivity index (χ0v) is 13.3. The van der Waals surface area contributed by atoms with Crippen LogP contribution in [0.5, 0.6) is 5.75 Å². The maximum absolute atomic E-state index is 14.0. The lowest BCUT2D eigenvalue weighted by atomic mass is 9.81. The van der Waals surface area contributed by atoms with Gasteiger partial charge in [0.2, 0.25) is 5.91 Å². The Labute approximate surface area is 134 Å². The van der Waals surface area contributed by atoms with Gasteiger partial charge in [-0.2, -0.15) is 0 Å². The molecule has 5 nitrogen and oxygen atoms in total. The van der Waals surface area contributed by atoms with E-state index in [2.05, 4.69) is 5.32 Å². The minimum Gasteiger partial charge on any atom is -0.496 e. The molecule has 2 N–H and O–H groups in total. The summed E-state index contributed by atoms with van der Waals surface area (Å²) in [4.78, 5) is 23.3. The average Bonchev–Trinajstić information content (AvgIpc) is 2.54. The van der Waals surface area contributed by atoms with Gasteiger partial charge in [-0.25, -0.2) is 4.39 Å². The third-order valence-electron chi connectivity index (χ3n) is 4.47. The summed E-state index contributed by atoms with van der Waals surface area (Å²) in [6.45, 7) is 1.71. The number of carbonyl (C=O) groups excluding carboxylic acids is 1. The molecule has 0 radical (unpaired) electrons. The first-order valence-corrected chi connectivity index (χ1v) is 7.79. The van der Waals surface area contributed by atoms with Gasteiger partial charge in [0, 0.05) is 5.92 Å². The molecule has 0 heterocycles. The zero-order valence-electron chi connectivity index (χ0n) is 13.3. The molecule has 1 saturated carbocycles. The zero-order chi connectivity index (χ0) is 17.0. The molecule has 1 atom stereocenters. The monoisotopic (exact) mass is 323 g/mol. The average molecular weight is 323 g/mol. The molecule has 0 bridgehead atoms. The molecular formula is C17H22FNO4. The van der Waals surface area contributed by atoms with Crippen LogP contribution in [0.1, 0.15) is 44.2 Å². The molecule has 0 aliphatic heterocycles. The topological polar surface area (TPSA) is 75.6 Å². The van der Waals surface area contributed by atoms with Crippen molar-refractivity contribution in [2.45, 2.75) is 38.6 Å². The highest BCUT2D eigenvalue weighted by Gasteiger charge is 2.30. The van der Waals surface area contributed by atoms with Crippen LogP contribution in [0.2, 0.25) is 0 Å². The van der Waals surface area contributed by atoms with Gasteiger partial charge in [-0.3, -0.25) is 9.59 Å². The lowest BCUT2D eigenvalue weighted by Gasteiger charge is -2.27. The quantitative estimate of drug-likeness (QED) is 0.873. The van der Waals surface area contributed by atoms with Crippen LogP contribution in [-0.4, -0.2) is 24.1 Å². The van der Waals surface area contributed by atoms with Crippen molar-refractivity contribution >= 4 is 11.9 Å². The van der Waals surface area contributed by atoms with E-state index < -0.39 is 17.8 Å². The van der Waals surface area contributed by atoms with Crippen molar-refractivity contribution in [2.75, 3.05) is 7.11 Å². The largest absolute Gasteiger partial charge is 0.496 e. The SMILES string of the molecule is COc1cccc(F)c1C(C)NC(=O)C1CCC(C(=O)O)CC1. The molecule has 1 fully saturated rings. The molecule has 0 aromatic heterocycles. The van der Waals surface area contributed by atoms with Crippen molar-refractivity contribution in [3.8, 4) is 5.75 Å². The van der Waals surface area contributed by atoms with Crippen molar-refractivity contribution in [2.24, 2.45) is 11.8 Å². The van der Waals surface area contributed by atoms with Gasteiger partial charge in [-0.1, -0.05) is 6.07 Å². The summed E-state index contributed by atoms with van der Waals surface area (Å²) in [6.07, 6.45) is 2.10. The van der Waals surface area contributed by atoms with Gasteiger partial charge >= 0.3 is 5.97 Å². The number of hydrogen-bond donors (Lipinski definition) is 2. The van der Waals surface area contributed by atoms with Gasteiger partial charge in [0.25, 0.3) is 0 Å². The molecule has 1 aromatic rings. The van der Waals surface area contributed by atoms with Crippen LogP contribution in [0, 0.1) is 17.7 Å². The second kappa shape index (κ2) is 7.44. The number of nitrogens with one attached hydrogen (secondary N) is 1. The van der Waals surface area contributed by atoms with Crippen LogP contribution in [0.4, 0.5) is 4.39 Å². The molecule has 0 spiro atoms. The van der Waals surface area contributed by atoms with E-state index in [9.17, 15) is 14.0 Å². The molecule has 2 rings (SSSR count). The van der Waals surface area contributed by atoms with Crippen LogP contribution in [-0.2, 0) is 9.59 Å². The van der Waals surface area contributed by atoms with Crippen molar-refractivity contribution in [1.29, 1.82) is 0 Å². The van der Waals surface area contributed by atoms with Gasteiger partial charge < -0.3 is 15.2 Å². The van der Waals surface area contributed by atoms with Crippen molar-refractivity contribution in [1.82, 2.24) is 5.32 Å². The summed E-state index contributed by atoms with van der Waals surface area (Å²) in [6, 6.07) is 4.02. The fraction of sp³-hybridized carbons (Fsp3) is 0.529. The summed E-state index contributed by atoms with van der Waals surface area (Å²) >= 11 is 0. The van der Waals surface area contributed by atoms with Crippen LogP contribution < -0.4 is 10.1 Å². The molecule has 1 aromatic carbocycles. The summed E-state index contributed by atoms with van der Waals surface area (Å²) in [5.41, 5.74) is 0.322. The first kappa shape index (κ1) is 17.2. The van der Waals surface area contributed by atoms with Gasteiger partial charge in [-0.15, -0.1) is 0 Å². The first-order chi connectivity index (χ1) is 10.9. The molecule has 1 amide bonds. The minimum absolute atomic E-state index is 0.161. The van der Waals surface area contributed by atoms with Crippen LogP contribution >= 0.6 is 0 Å². The molecule has 1 unspecified atom stereocenters. The highest BCUT2D eigenvalue weighted by molar-refractivity contribution is 5.79. The Hall–Kier alpha value is -2.11. The number of rotatable bonds is 5. The molecule has 6 heteroatoms. The van der Waals surface area contributed by atoms with E-state index in [0.717, 1.165) is 0 Å². The number of hydrogen-bond acceptors (Lipinski definition) is 3. The lowest BCUT2D eigenvalue weighted by molar-refractivity contribution is -0.144. The Morgan fingerprint density at radius 2 is 1.87 bits per heavy atom. The highest BCUT2D eigenvalue weighted by Crippen LogP contribution is 2.31. The van der Waals surface area contributed by atoms with Crippen molar-refractivity contribution < 1.29 is 23.8 Å². The number of carboxylic acid groups (broad SMARTS) is 1. The molecule has 23 heavy (non-hydrogen) atoms. The summed E-state index contributed by atoms with van der Waals surface area (Å²) in [5, 5.41) is 11.8. The first-order valence-electron chi connectivity index (χ1n) is 7.79. The van der Waals surface area contributed by atoms with E-state index in [1.807, 2.05) is 0 Å². The van der Waals surface area contributed by atoms with E-state index in [4.69, 9.17) is 9.84 Å². The van der Waals surface area contributed by atoms with Crippen molar-refractivity contribution in [3.05, 3.63) is 29.6 Å². The Bertz CT molecular complexity index is 582. The predicted molar refractivity (Wildman–Crippen MR) is 82.6 cm³/mol. The maximum Gasteiger partial charge on any atom is 0.306 e. The molecular weight excluding hydrogens is 301 g/mol. The molecule has 1 aliphatic rings. The molecule has 0 saturated heterocycles. The number of benzene rings is 1. The summed E-state index contributed by atoms with van der Waals surface area (Å²) < 4.78 is 19.2. The third kappa shape index (κ3) is 4.00. The van der Waals surface area contributed by atoms with E-state index >= 15 is 0 Å².